The number of nitrogens with zero attached hydrogens (tertiary/aromatic N) is 1. The van der Waals surface area contributed by atoms with Crippen molar-refractivity contribution in [1.29, 1.82) is 0 Å². The molecule has 0 aliphatic rings. The topological polar surface area (TPSA) is 18.1 Å². The van der Waals surface area contributed by atoms with Crippen molar-refractivity contribution in [2.24, 2.45) is 0 Å². The lowest BCUT2D eigenvalue weighted by molar-refractivity contribution is 0.669. The van der Waals surface area contributed by atoms with Gasteiger partial charge in [0.05, 0.1) is 11.0 Å². The van der Waals surface area contributed by atoms with Gasteiger partial charge in [-0.05, 0) is 70.4 Å². The Morgan fingerprint density at radius 2 is 1.22 bits per heavy atom. The number of halogens is 1. The minimum absolute atomic E-state index is 0.895. The number of fused-ring (bicyclic) bond motifs is 8. The molecule has 2 nitrogen and oxygen atoms in total. The average molecular weight is 538 g/mol. The van der Waals surface area contributed by atoms with Crippen LogP contribution in [0.4, 0.5) is 0 Å². The number of hydrogen-bond acceptors (Lipinski definition) is 1. The maximum atomic E-state index is 6.40. The molecule has 0 atom stereocenters. The van der Waals surface area contributed by atoms with Gasteiger partial charge < -0.3 is 8.98 Å². The maximum absolute atomic E-state index is 6.40. The molecule has 0 unspecified atom stereocenters. The van der Waals surface area contributed by atoms with Crippen LogP contribution in [0.25, 0.3) is 71.3 Å². The summed E-state index contributed by atoms with van der Waals surface area (Å²) in [4.78, 5) is 0. The summed E-state index contributed by atoms with van der Waals surface area (Å²) < 4.78 is 9.78. The Kier molecular flexibility index (Phi) is 4.40. The van der Waals surface area contributed by atoms with E-state index in [4.69, 9.17) is 4.42 Å². The number of aromatic nitrogens is 1. The first-order chi connectivity index (χ1) is 18.3. The lowest BCUT2D eigenvalue weighted by Crippen LogP contribution is -1.93. The summed E-state index contributed by atoms with van der Waals surface area (Å²) in [6, 6.07) is 43.2. The van der Waals surface area contributed by atoms with Crippen molar-refractivity contribution in [1.82, 2.24) is 4.57 Å². The number of rotatable bonds is 2. The molecule has 6 aromatic carbocycles. The summed E-state index contributed by atoms with van der Waals surface area (Å²) in [5, 5.41) is 7.25. The van der Waals surface area contributed by atoms with Crippen LogP contribution in [0.5, 0.6) is 0 Å². The van der Waals surface area contributed by atoms with E-state index >= 15 is 0 Å². The van der Waals surface area contributed by atoms with Crippen molar-refractivity contribution in [3.8, 4) is 16.8 Å². The van der Waals surface area contributed by atoms with Gasteiger partial charge in [0.15, 0.2) is 0 Å². The van der Waals surface area contributed by atoms with Crippen LogP contribution in [0, 0.1) is 0 Å². The third kappa shape index (κ3) is 3.04. The summed E-state index contributed by atoms with van der Waals surface area (Å²) in [5.74, 6) is 0. The monoisotopic (exact) mass is 537 g/mol. The van der Waals surface area contributed by atoms with Gasteiger partial charge in [0.2, 0.25) is 0 Å². The number of para-hydroxylation sites is 2. The summed E-state index contributed by atoms with van der Waals surface area (Å²) >= 11 is 3.59. The Balaban J connectivity index is 1.47. The standard InChI is InChI=1S/C34H20BrNO/c35-22-15-17-28-32(19-22)37-33-20-29(24-10-4-5-12-27(24)34(28)33)21-14-16-26-25-11-6-7-13-30(25)36(31(26)18-21)23-8-2-1-3-9-23/h1-20H. The molecule has 0 bridgehead atoms. The molecule has 0 saturated heterocycles. The molecule has 3 heteroatoms. The third-order valence-electron chi connectivity index (χ3n) is 7.44. The first-order valence-corrected chi connectivity index (χ1v) is 13.2. The second-order valence-corrected chi connectivity index (χ2v) is 10.4. The van der Waals surface area contributed by atoms with Crippen molar-refractivity contribution in [2.75, 3.05) is 0 Å². The van der Waals surface area contributed by atoms with E-state index in [2.05, 4.69) is 136 Å². The quantitative estimate of drug-likeness (QED) is 0.214. The predicted octanol–water partition coefficient (Wildman–Crippen LogP) is 10.3. The van der Waals surface area contributed by atoms with Gasteiger partial charge in [0.1, 0.15) is 11.2 Å². The van der Waals surface area contributed by atoms with Crippen LogP contribution in [0.1, 0.15) is 0 Å². The molecule has 0 saturated carbocycles. The van der Waals surface area contributed by atoms with Crippen LogP contribution in [0.3, 0.4) is 0 Å². The fraction of sp³-hybridized carbons (Fsp3) is 0. The smallest absolute Gasteiger partial charge is 0.136 e. The first-order valence-electron chi connectivity index (χ1n) is 12.4. The zero-order valence-corrected chi connectivity index (χ0v) is 21.4. The molecule has 0 aliphatic heterocycles. The highest BCUT2D eigenvalue weighted by molar-refractivity contribution is 9.10. The van der Waals surface area contributed by atoms with Crippen LogP contribution in [0.2, 0.25) is 0 Å². The van der Waals surface area contributed by atoms with Gasteiger partial charge in [-0.15, -0.1) is 0 Å². The lowest BCUT2D eigenvalue weighted by atomic mass is 9.94. The molecule has 2 heterocycles. The van der Waals surface area contributed by atoms with Gasteiger partial charge in [0, 0.05) is 31.7 Å². The first kappa shape index (κ1) is 20.8. The van der Waals surface area contributed by atoms with Crippen LogP contribution >= 0.6 is 15.9 Å². The van der Waals surface area contributed by atoms with Crippen molar-refractivity contribution in [3.05, 3.63) is 126 Å². The molecule has 0 aliphatic carbocycles. The van der Waals surface area contributed by atoms with E-state index in [-0.39, 0.29) is 0 Å². The van der Waals surface area contributed by atoms with E-state index in [0.717, 1.165) is 26.7 Å². The summed E-state index contributed by atoms with van der Waals surface area (Å²) in [7, 11) is 0. The summed E-state index contributed by atoms with van der Waals surface area (Å²) in [6.07, 6.45) is 0. The highest BCUT2D eigenvalue weighted by Gasteiger charge is 2.17. The number of furan rings is 1. The minimum Gasteiger partial charge on any atom is -0.456 e. The normalized spacial score (nSPS) is 11.9. The molecule has 0 fully saturated rings. The second kappa shape index (κ2) is 7.83. The SMILES string of the molecule is Brc1ccc2c(c1)oc1cc(-c3ccc4c5ccccc5n(-c5ccccc5)c4c3)c3ccccc3c12. The third-order valence-corrected chi connectivity index (χ3v) is 7.93. The molecule has 8 aromatic rings. The lowest BCUT2D eigenvalue weighted by Gasteiger charge is -2.11. The van der Waals surface area contributed by atoms with E-state index in [1.807, 2.05) is 6.07 Å². The Hall–Kier alpha value is -4.34. The van der Waals surface area contributed by atoms with Crippen molar-refractivity contribution >= 4 is 70.4 Å². The van der Waals surface area contributed by atoms with Gasteiger partial charge in [-0.3, -0.25) is 0 Å². The van der Waals surface area contributed by atoms with E-state index < -0.39 is 0 Å². The molecule has 0 spiro atoms. The summed E-state index contributed by atoms with van der Waals surface area (Å²) in [5.41, 5.74) is 7.72. The molecule has 0 N–H and O–H groups in total. The van der Waals surface area contributed by atoms with Crippen LogP contribution < -0.4 is 0 Å². The zero-order valence-electron chi connectivity index (χ0n) is 19.8. The average Bonchev–Trinajstić information content (AvgIpc) is 3.47. The molecule has 0 radical (unpaired) electrons. The van der Waals surface area contributed by atoms with Crippen molar-refractivity contribution < 1.29 is 4.42 Å². The van der Waals surface area contributed by atoms with Gasteiger partial charge >= 0.3 is 0 Å². The van der Waals surface area contributed by atoms with Gasteiger partial charge in [-0.2, -0.15) is 0 Å². The van der Waals surface area contributed by atoms with Gasteiger partial charge in [-0.1, -0.05) is 88.7 Å². The number of hydrogen-bond donors (Lipinski definition) is 0. The largest absolute Gasteiger partial charge is 0.456 e. The minimum atomic E-state index is 0.895. The highest BCUT2D eigenvalue weighted by atomic mass is 79.9. The van der Waals surface area contributed by atoms with Gasteiger partial charge in [0.25, 0.3) is 0 Å². The molecular weight excluding hydrogens is 518 g/mol. The highest BCUT2D eigenvalue weighted by Crippen LogP contribution is 2.42. The van der Waals surface area contributed by atoms with Crippen molar-refractivity contribution in [2.45, 2.75) is 0 Å². The Labute approximate surface area is 221 Å². The molecule has 2 aromatic heterocycles. The molecule has 174 valence electrons. The predicted molar refractivity (Wildman–Crippen MR) is 159 cm³/mol. The maximum Gasteiger partial charge on any atom is 0.136 e. The summed E-state index contributed by atoms with van der Waals surface area (Å²) in [6.45, 7) is 0. The fourth-order valence-electron chi connectivity index (χ4n) is 5.85. The molecular formula is C34H20BrNO. The van der Waals surface area contributed by atoms with E-state index in [0.29, 0.717) is 0 Å². The fourth-order valence-corrected chi connectivity index (χ4v) is 6.19. The van der Waals surface area contributed by atoms with Gasteiger partial charge in [-0.25, -0.2) is 0 Å². The van der Waals surface area contributed by atoms with Crippen LogP contribution in [0.15, 0.2) is 130 Å². The van der Waals surface area contributed by atoms with Crippen LogP contribution in [-0.2, 0) is 0 Å². The van der Waals surface area contributed by atoms with E-state index in [1.54, 1.807) is 0 Å². The Bertz CT molecular complexity index is 2150. The molecule has 0 amide bonds. The van der Waals surface area contributed by atoms with Crippen LogP contribution in [-0.4, -0.2) is 4.57 Å². The Morgan fingerprint density at radius 3 is 2.08 bits per heavy atom. The second-order valence-electron chi connectivity index (χ2n) is 9.51. The van der Waals surface area contributed by atoms with E-state index in [1.165, 1.54) is 49.1 Å². The van der Waals surface area contributed by atoms with Crippen molar-refractivity contribution in [3.63, 3.8) is 0 Å². The number of benzene rings is 6. The Morgan fingerprint density at radius 1 is 0.514 bits per heavy atom. The molecule has 8 rings (SSSR count). The van der Waals surface area contributed by atoms with E-state index in [9.17, 15) is 0 Å². The zero-order chi connectivity index (χ0) is 24.5. The molecule has 37 heavy (non-hydrogen) atoms.